The molecule has 0 bridgehead atoms. The number of nitrogens with one attached hydrogen (secondary N) is 2. The van der Waals surface area contributed by atoms with Crippen molar-refractivity contribution >= 4 is 29.1 Å². The third-order valence-corrected chi connectivity index (χ3v) is 3.55. The minimum absolute atomic E-state index is 0.108. The topological polar surface area (TPSA) is 93.2 Å². The van der Waals surface area contributed by atoms with E-state index in [0.717, 1.165) is 0 Å². The van der Waals surface area contributed by atoms with Gasteiger partial charge in [0.05, 0.1) is 25.1 Å². The van der Waals surface area contributed by atoms with Crippen molar-refractivity contribution in [2.45, 2.75) is 0 Å². The molecule has 0 spiro atoms. The van der Waals surface area contributed by atoms with Gasteiger partial charge in [-0.3, -0.25) is 4.79 Å². The van der Waals surface area contributed by atoms with Crippen LogP contribution in [0.1, 0.15) is 20.8 Å². The first-order valence-corrected chi connectivity index (χ1v) is 7.89. The molecule has 7 nitrogen and oxygen atoms in total. The Kier molecular flexibility index (Phi) is 5.36. The van der Waals surface area contributed by atoms with Gasteiger partial charge in [0, 0.05) is 11.4 Å². The average molecular weight is 366 g/mol. The van der Waals surface area contributed by atoms with Crippen molar-refractivity contribution in [1.82, 2.24) is 9.97 Å². The molecule has 1 aromatic heterocycles. The van der Waals surface area contributed by atoms with E-state index in [1.807, 2.05) is 0 Å². The van der Waals surface area contributed by atoms with Gasteiger partial charge in [0.25, 0.3) is 5.91 Å². The van der Waals surface area contributed by atoms with Crippen LogP contribution < -0.4 is 10.6 Å². The fourth-order valence-corrected chi connectivity index (χ4v) is 2.23. The minimum atomic E-state index is -0.458. The molecule has 136 valence electrons. The van der Waals surface area contributed by atoms with E-state index >= 15 is 0 Å². The van der Waals surface area contributed by atoms with Gasteiger partial charge in [-0.1, -0.05) is 6.07 Å². The van der Waals surface area contributed by atoms with Gasteiger partial charge < -0.3 is 15.4 Å². The molecule has 1 amide bonds. The number of benzene rings is 2. The van der Waals surface area contributed by atoms with Crippen molar-refractivity contribution < 1.29 is 18.7 Å². The van der Waals surface area contributed by atoms with Crippen LogP contribution in [-0.2, 0) is 4.74 Å². The monoisotopic (exact) mass is 366 g/mol. The Morgan fingerprint density at radius 3 is 2.41 bits per heavy atom. The maximum absolute atomic E-state index is 13.2. The van der Waals surface area contributed by atoms with E-state index in [2.05, 4.69) is 25.3 Å². The zero-order valence-corrected chi connectivity index (χ0v) is 14.3. The fourth-order valence-electron chi connectivity index (χ4n) is 2.23. The van der Waals surface area contributed by atoms with Gasteiger partial charge in [-0.25, -0.2) is 19.2 Å². The standard InChI is InChI=1S/C19H15FN4O3/c1-27-19(26)12-5-7-14(8-6-12)24-18(25)16-10-22-17(11-21-16)23-15-4-2-3-13(20)9-15/h2-11H,1H3,(H,22,23)(H,24,25). The molecule has 27 heavy (non-hydrogen) atoms. The molecule has 3 rings (SSSR count). The SMILES string of the molecule is COC(=O)c1ccc(NC(=O)c2cnc(Nc3cccc(F)c3)cn2)cc1. The quantitative estimate of drug-likeness (QED) is 0.672. The molecule has 0 atom stereocenters. The van der Waals surface area contributed by atoms with Gasteiger partial charge in [0.2, 0.25) is 0 Å². The van der Waals surface area contributed by atoms with Crippen molar-refractivity contribution in [2.75, 3.05) is 17.7 Å². The fraction of sp³-hybridized carbons (Fsp3) is 0.0526. The first-order valence-electron chi connectivity index (χ1n) is 7.89. The molecule has 1 heterocycles. The number of halogens is 1. The summed E-state index contributed by atoms with van der Waals surface area (Å²) in [7, 11) is 1.30. The predicted molar refractivity (Wildman–Crippen MR) is 97.4 cm³/mol. The highest BCUT2D eigenvalue weighted by molar-refractivity contribution is 6.03. The van der Waals surface area contributed by atoms with E-state index in [1.54, 1.807) is 36.4 Å². The summed E-state index contributed by atoms with van der Waals surface area (Å²) in [5, 5.41) is 5.55. The Balaban J connectivity index is 1.64. The smallest absolute Gasteiger partial charge is 0.337 e. The van der Waals surface area contributed by atoms with Crippen molar-refractivity contribution in [2.24, 2.45) is 0 Å². The summed E-state index contributed by atoms with van der Waals surface area (Å²) in [6.45, 7) is 0. The molecule has 2 N–H and O–H groups in total. The number of rotatable bonds is 5. The first kappa shape index (κ1) is 18.0. The summed E-state index contributed by atoms with van der Waals surface area (Å²) in [6.07, 6.45) is 2.68. The Morgan fingerprint density at radius 1 is 1.00 bits per heavy atom. The maximum Gasteiger partial charge on any atom is 0.337 e. The molecule has 0 aliphatic carbocycles. The van der Waals surface area contributed by atoms with Crippen molar-refractivity contribution in [3.8, 4) is 0 Å². The van der Waals surface area contributed by atoms with Crippen LogP contribution in [0.4, 0.5) is 21.6 Å². The minimum Gasteiger partial charge on any atom is -0.465 e. The lowest BCUT2D eigenvalue weighted by molar-refractivity contribution is 0.0600. The largest absolute Gasteiger partial charge is 0.465 e. The number of aromatic nitrogens is 2. The lowest BCUT2D eigenvalue weighted by atomic mass is 10.2. The van der Waals surface area contributed by atoms with E-state index in [4.69, 9.17) is 0 Å². The van der Waals surface area contributed by atoms with E-state index in [1.165, 1.54) is 31.6 Å². The van der Waals surface area contributed by atoms with Crippen LogP contribution in [0, 0.1) is 5.82 Å². The number of hydrogen-bond acceptors (Lipinski definition) is 6. The Labute approximate surface area is 154 Å². The van der Waals surface area contributed by atoms with E-state index in [-0.39, 0.29) is 11.5 Å². The zero-order valence-electron chi connectivity index (χ0n) is 14.3. The molecule has 0 unspecified atom stereocenters. The third kappa shape index (κ3) is 4.63. The summed E-state index contributed by atoms with van der Waals surface area (Å²) in [5.41, 5.74) is 1.50. The number of hydrogen-bond donors (Lipinski definition) is 2. The van der Waals surface area contributed by atoms with Gasteiger partial charge in [-0.05, 0) is 42.5 Å². The molecular weight excluding hydrogens is 351 g/mol. The molecule has 0 aliphatic rings. The van der Waals surface area contributed by atoms with Crippen molar-refractivity contribution in [3.63, 3.8) is 0 Å². The number of methoxy groups -OCH3 is 1. The Bertz CT molecular complexity index is 959. The Hall–Kier alpha value is -3.81. The van der Waals surface area contributed by atoms with E-state index < -0.39 is 11.9 Å². The molecule has 3 aromatic rings. The van der Waals surface area contributed by atoms with Gasteiger partial charge in [0.1, 0.15) is 17.3 Å². The number of nitrogens with zero attached hydrogens (tertiary/aromatic N) is 2. The van der Waals surface area contributed by atoms with Crippen LogP contribution in [0.25, 0.3) is 0 Å². The highest BCUT2D eigenvalue weighted by Crippen LogP contribution is 2.15. The van der Waals surface area contributed by atoms with Crippen LogP contribution in [-0.4, -0.2) is 29.0 Å². The Morgan fingerprint density at radius 2 is 1.78 bits per heavy atom. The van der Waals surface area contributed by atoms with Gasteiger partial charge in [-0.15, -0.1) is 0 Å². The molecule has 0 saturated heterocycles. The normalized spacial score (nSPS) is 10.1. The third-order valence-electron chi connectivity index (χ3n) is 3.55. The first-order chi connectivity index (χ1) is 13.0. The highest BCUT2D eigenvalue weighted by atomic mass is 19.1. The molecule has 0 fully saturated rings. The van der Waals surface area contributed by atoms with Crippen LogP contribution in [0.5, 0.6) is 0 Å². The summed E-state index contributed by atoms with van der Waals surface area (Å²) in [5.74, 6) is -0.910. The number of carbonyl (C=O) groups excluding carboxylic acids is 2. The number of carbonyl (C=O) groups is 2. The number of anilines is 3. The molecule has 8 heteroatoms. The van der Waals surface area contributed by atoms with Gasteiger partial charge in [-0.2, -0.15) is 0 Å². The molecular formula is C19H15FN4O3. The average Bonchev–Trinajstić information content (AvgIpc) is 2.68. The zero-order chi connectivity index (χ0) is 19.2. The maximum atomic E-state index is 13.2. The van der Waals surface area contributed by atoms with Crippen molar-refractivity contribution in [1.29, 1.82) is 0 Å². The van der Waals surface area contributed by atoms with Crippen LogP contribution in [0.2, 0.25) is 0 Å². The molecule has 0 aliphatic heterocycles. The van der Waals surface area contributed by atoms with Gasteiger partial charge >= 0.3 is 5.97 Å². The molecule has 0 radical (unpaired) electrons. The summed E-state index contributed by atoms with van der Waals surface area (Å²) < 4.78 is 17.8. The summed E-state index contributed by atoms with van der Waals surface area (Å²) >= 11 is 0. The van der Waals surface area contributed by atoms with Crippen LogP contribution in [0.3, 0.4) is 0 Å². The molecule has 0 saturated carbocycles. The van der Waals surface area contributed by atoms with E-state index in [0.29, 0.717) is 22.8 Å². The van der Waals surface area contributed by atoms with E-state index in [9.17, 15) is 14.0 Å². The van der Waals surface area contributed by atoms with Crippen molar-refractivity contribution in [3.05, 3.63) is 78.0 Å². The van der Waals surface area contributed by atoms with Crippen LogP contribution >= 0.6 is 0 Å². The summed E-state index contributed by atoms with van der Waals surface area (Å²) in [4.78, 5) is 31.8. The van der Waals surface area contributed by atoms with Crippen LogP contribution in [0.15, 0.2) is 60.9 Å². The number of ether oxygens (including phenoxy) is 1. The second kappa shape index (κ2) is 8.05. The lowest BCUT2D eigenvalue weighted by Gasteiger charge is -2.07. The van der Waals surface area contributed by atoms with Gasteiger partial charge in [0.15, 0.2) is 0 Å². The number of amides is 1. The molecule has 2 aromatic carbocycles. The second-order valence-electron chi connectivity index (χ2n) is 5.45. The second-order valence-corrected chi connectivity index (χ2v) is 5.45. The number of esters is 1. The summed E-state index contributed by atoms with van der Waals surface area (Å²) in [6, 6.07) is 12.2. The highest BCUT2D eigenvalue weighted by Gasteiger charge is 2.10. The predicted octanol–water partition coefficient (Wildman–Crippen LogP) is 3.40. The lowest BCUT2D eigenvalue weighted by Crippen LogP contribution is -2.14.